The molecule has 4 rings (SSSR count). The van der Waals surface area contributed by atoms with E-state index in [9.17, 15) is 9.59 Å². The molecule has 0 saturated heterocycles. The molecular formula is C28H27ClN4O2. The fraction of sp³-hybridized carbons (Fsp3) is 0.179. The van der Waals surface area contributed by atoms with Crippen LogP contribution in [0.1, 0.15) is 24.2 Å². The van der Waals surface area contributed by atoms with Gasteiger partial charge < -0.3 is 10.2 Å². The van der Waals surface area contributed by atoms with Crippen molar-refractivity contribution >= 4 is 29.2 Å². The van der Waals surface area contributed by atoms with Crippen LogP contribution in [-0.4, -0.2) is 39.6 Å². The Labute approximate surface area is 210 Å². The molecular weight excluding hydrogens is 460 g/mol. The normalized spacial score (nSPS) is 10.9. The molecule has 0 aliphatic heterocycles. The predicted octanol–water partition coefficient (Wildman–Crippen LogP) is 5.93. The van der Waals surface area contributed by atoms with Crippen molar-refractivity contribution in [2.75, 3.05) is 18.4 Å². The minimum Gasteiger partial charge on any atom is -0.329 e. The first-order chi connectivity index (χ1) is 16.9. The van der Waals surface area contributed by atoms with Crippen molar-refractivity contribution in [3.05, 3.63) is 102 Å². The third kappa shape index (κ3) is 6.16. The van der Waals surface area contributed by atoms with Gasteiger partial charge in [-0.3, -0.25) is 9.59 Å². The Morgan fingerprint density at radius 1 is 0.943 bits per heavy atom. The molecule has 1 aromatic heterocycles. The second-order valence-corrected chi connectivity index (χ2v) is 9.10. The van der Waals surface area contributed by atoms with Crippen LogP contribution in [0.4, 0.5) is 5.82 Å². The Morgan fingerprint density at radius 2 is 1.63 bits per heavy atom. The first-order valence-corrected chi connectivity index (χ1v) is 11.8. The number of carbonyl (C=O) groups is 2. The minimum atomic E-state index is -0.308. The molecule has 3 aromatic carbocycles. The summed E-state index contributed by atoms with van der Waals surface area (Å²) in [6.45, 7) is 4.36. The van der Waals surface area contributed by atoms with Gasteiger partial charge in [0, 0.05) is 28.8 Å². The molecule has 35 heavy (non-hydrogen) atoms. The van der Waals surface area contributed by atoms with Crippen molar-refractivity contribution in [2.24, 2.45) is 5.92 Å². The molecule has 0 saturated carbocycles. The average molecular weight is 487 g/mol. The molecule has 1 N–H and O–H groups in total. The van der Waals surface area contributed by atoms with Crippen LogP contribution in [0.5, 0.6) is 0 Å². The van der Waals surface area contributed by atoms with E-state index >= 15 is 0 Å². The van der Waals surface area contributed by atoms with E-state index < -0.39 is 0 Å². The molecule has 4 aromatic rings. The van der Waals surface area contributed by atoms with Gasteiger partial charge in [-0.25, -0.2) is 4.68 Å². The minimum absolute atomic E-state index is 0.0931. The van der Waals surface area contributed by atoms with Gasteiger partial charge in [0.05, 0.1) is 11.4 Å². The first kappa shape index (κ1) is 24.2. The van der Waals surface area contributed by atoms with Crippen molar-refractivity contribution in [3.63, 3.8) is 0 Å². The highest BCUT2D eigenvalue weighted by Crippen LogP contribution is 2.25. The molecule has 0 unspecified atom stereocenters. The Bertz CT molecular complexity index is 1300. The van der Waals surface area contributed by atoms with Crippen LogP contribution in [-0.2, 0) is 4.79 Å². The lowest BCUT2D eigenvalue weighted by Crippen LogP contribution is -2.40. The Kier molecular flexibility index (Phi) is 7.63. The van der Waals surface area contributed by atoms with Crippen molar-refractivity contribution in [1.82, 2.24) is 14.7 Å². The molecule has 0 bridgehead atoms. The number of aromatic nitrogens is 2. The third-order valence-corrected chi connectivity index (χ3v) is 5.56. The maximum absolute atomic E-state index is 13.2. The van der Waals surface area contributed by atoms with E-state index in [-0.39, 0.29) is 24.3 Å². The van der Waals surface area contributed by atoms with Crippen LogP contribution in [0.15, 0.2) is 91.0 Å². The van der Waals surface area contributed by atoms with E-state index in [1.54, 1.807) is 33.8 Å². The third-order valence-electron chi connectivity index (χ3n) is 5.33. The summed E-state index contributed by atoms with van der Waals surface area (Å²) in [4.78, 5) is 27.9. The van der Waals surface area contributed by atoms with Gasteiger partial charge in [0.25, 0.3) is 5.91 Å². The number of carbonyl (C=O) groups excluding carboxylic acids is 2. The molecule has 7 heteroatoms. The quantitative estimate of drug-likeness (QED) is 0.335. The molecule has 0 aliphatic carbocycles. The SMILES string of the molecule is CC(C)CN(CC(=O)Nc1cc(-c2ccccc2)nn1-c1ccccc1)C(=O)c1cccc(Cl)c1. The van der Waals surface area contributed by atoms with Gasteiger partial charge >= 0.3 is 0 Å². The average Bonchev–Trinajstić information content (AvgIpc) is 3.27. The summed E-state index contributed by atoms with van der Waals surface area (Å²) in [5.74, 6) is 0.167. The number of para-hydroxylation sites is 1. The number of benzene rings is 3. The fourth-order valence-electron chi connectivity index (χ4n) is 3.81. The van der Waals surface area contributed by atoms with Crippen LogP contribution in [0, 0.1) is 5.92 Å². The van der Waals surface area contributed by atoms with E-state index in [0.717, 1.165) is 16.9 Å². The van der Waals surface area contributed by atoms with Crippen molar-refractivity contribution < 1.29 is 9.59 Å². The van der Waals surface area contributed by atoms with Crippen LogP contribution < -0.4 is 5.32 Å². The summed E-state index contributed by atoms with van der Waals surface area (Å²) in [5.41, 5.74) is 2.94. The van der Waals surface area contributed by atoms with Gasteiger partial charge in [-0.15, -0.1) is 0 Å². The molecule has 1 heterocycles. The second kappa shape index (κ2) is 11.0. The molecule has 2 amide bonds. The molecule has 0 fully saturated rings. The van der Waals surface area contributed by atoms with Crippen molar-refractivity contribution in [1.29, 1.82) is 0 Å². The Morgan fingerprint density at radius 3 is 2.29 bits per heavy atom. The zero-order chi connectivity index (χ0) is 24.8. The van der Waals surface area contributed by atoms with Gasteiger partial charge in [-0.05, 0) is 36.2 Å². The molecule has 6 nitrogen and oxygen atoms in total. The maximum atomic E-state index is 13.2. The van der Waals surface area contributed by atoms with Gasteiger partial charge in [-0.2, -0.15) is 5.10 Å². The lowest BCUT2D eigenvalue weighted by molar-refractivity contribution is -0.117. The van der Waals surface area contributed by atoms with E-state index in [0.29, 0.717) is 22.9 Å². The van der Waals surface area contributed by atoms with Gasteiger partial charge in [0.2, 0.25) is 5.91 Å². The lowest BCUT2D eigenvalue weighted by Gasteiger charge is -2.24. The van der Waals surface area contributed by atoms with Crippen LogP contribution in [0.25, 0.3) is 16.9 Å². The Balaban J connectivity index is 1.60. The number of rotatable bonds is 8. The number of hydrogen-bond acceptors (Lipinski definition) is 3. The summed E-state index contributed by atoms with van der Waals surface area (Å²) >= 11 is 6.08. The van der Waals surface area contributed by atoms with Crippen LogP contribution >= 0.6 is 11.6 Å². The molecule has 0 atom stereocenters. The summed E-state index contributed by atoms with van der Waals surface area (Å²) in [6, 6.07) is 28.0. The number of halogens is 1. The van der Waals surface area contributed by atoms with E-state index in [2.05, 4.69) is 5.32 Å². The van der Waals surface area contributed by atoms with Crippen LogP contribution in [0.2, 0.25) is 5.02 Å². The van der Waals surface area contributed by atoms with Gasteiger partial charge in [-0.1, -0.05) is 80.0 Å². The van der Waals surface area contributed by atoms with Gasteiger partial charge in [0.1, 0.15) is 12.4 Å². The zero-order valence-electron chi connectivity index (χ0n) is 19.7. The summed E-state index contributed by atoms with van der Waals surface area (Å²) in [7, 11) is 0. The van der Waals surface area contributed by atoms with Crippen LogP contribution in [0.3, 0.4) is 0 Å². The Hall–Kier alpha value is -3.90. The monoisotopic (exact) mass is 486 g/mol. The summed E-state index contributed by atoms with van der Waals surface area (Å²) in [6.07, 6.45) is 0. The maximum Gasteiger partial charge on any atom is 0.254 e. The standard InChI is InChI=1S/C28H27ClN4O2/c1-20(2)18-32(28(35)22-12-9-13-23(29)16-22)19-27(34)30-26-17-25(21-10-5-3-6-11-21)31-33(26)24-14-7-4-8-15-24/h3-17,20H,18-19H2,1-2H3,(H,30,34). The van der Waals surface area contributed by atoms with E-state index in [4.69, 9.17) is 16.7 Å². The predicted molar refractivity (Wildman–Crippen MR) is 140 cm³/mol. The molecule has 0 spiro atoms. The van der Waals surface area contributed by atoms with Crippen molar-refractivity contribution in [3.8, 4) is 16.9 Å². The van der Waals surface area contributed by atoms with E-state index in [1.807, 2.05) is 80.6 Å². The highest BCUT2D eigenvalue weighted by molar-refractivity contribution is 6.31. The van der Waals surface area contributed by atoms with Gasteiger partial charge in [0.15, 0.2) is 0 Å². The van der Waals surface area contributed by atoms with Crippen molar-refractivity contribution in [2.45, 2.75) is 13.8 Å². The summed E-state index contributed by atoms with van der Waals surface area (Å²) in [5, 5.41) is 8.17. The van der Waals surface area contributed by atoms with E-state index in [1.165, 1.54) is 0 Å². The molecule has 178 valence electrons. The number of amides is 2. The number of hydrogen-bond donors (Lipinski definition) is 1. The fourth-order valence-corrected chi connectivity index (χ4v) is 4.00. The summed E-state index contributed by atoms with van der Waals surface area (Å²) < 4.78 is 1.70. The molecule has 0 aliphatic rings. The number of nitrogens with one attached hydrogen (secondary N) is 1. The molecule has 0 radical (unpaired) electrons. The number of anilines is 1. The largest absolute Gasteiger partial charge is 0.329 e. The number of nitrogens with zero attached hydrogens (tertiary/aromatic N) is 3. The first-order valence-electron chi connectivity index (χ1n) is 11.5. The highest BCUT2D eigenvalue weighted by atomic mass is 35.5. The smallest absolute Gasteiger partial charge is 0.254 e. The zero-order valence-corrected chi connectivity index (χ0v) is 20.4. The topological polar surface area (TPSA) is 67.2 Å². The lowest BCUT2D eigenvalue weighted by atomic mass is 10.1. The highest BCUT2D eigenvalue weighted by Gasteiger charge is 2.22. The second-order valence-electron chi connectivity index (χ2n) is 8.67.